The van der Waals surface area contributed by atoms with Crippen LogP contribution < -0.4 is 20.3 Å². The summed E-state index contributed by atoms with van der Waals surface area (Å²) in [5.74, 6) is 0.0808. The fourth-order valence-corrected chi connectivity index (χ4v) is 3.05. The Hall–Kier alpha value is -3.02. The van der Waals surface area contributed by atoms with Gasteiger partial charge in [0.1, 0.15) is 5.75 Å². The maximum absolute atomic E-state index is 12.3. The number of carbonyl (C=O) groups excluding carboxylic acids is 2. The molecule has 2 N–H and O–H groups in total. The number of benzene rings is 2. The van der Waals surface area contributed by atoms with Crippen molar-refractivity contribution in [1.82, 2.24) is 5.32 Å². The molecule has 0 radical (unpaired) electrons. The van der Waals surface area contributed by atoms with Gasteiger partial charge in [0, 0.05) is 12.2 Å². The predicted octanol–water partition coefficient (Wildman–Crippen LogP) is 3.20. The Morgan fingerprint density at radius 3 is 2.32 bits per heavy atom. The maximum Gasteiger partial charge on any atom is 0.243 e. The molecule has 150 valence electrons. The third-order valence-corrected chi connectivity index (χ3v) is 4.48. The fraction of sp³-hybridized carbons (Fsp3) is 0.364. The standard InChI is InChI=1S/C22H29N3O3/c1-6-25(19-9-7-15(2)11-17(19)4)14-22(27)23-13-21(26)24-18-12-16(3)8-10-20(18)28-5/h7-12H,6,13-14H2,1-5H3,(H,23,27)(H,24,26). The molecule has 0 aliphatic heterocycles. The lowest BCUT2D eigenvalue weighted by atomic mass is 10.1. The summed E-state index contributed by atoms with van der Waals surface area (Å²) >= 11 is 0. The minimum atomic E-state index is -0.299. The van der Waals surface area contributed by atoms with Gasteiger partial charge in [-0.15, -0.1) is 0 Å². The van der Waals surface area contributed by atoms with E-state index in [2.05, 4.69) is 16.7 Å². The Kier molecular flexibility index (Phi) is 7.44. The Morgan fingerprint density at radius 1 is 1.00 bits per heavy atom. The molecule has 2 aromatic carbocycles. The quantitative estimate of drug-likeness (QED) is 0.734. The molecule has 0 heterocycles. The lowest BCUT2D eigenvalue weighted by Gasteiger charge is -2.24. The molecule has 0 unspecified atom stereocenters. The van der Waals surface area contributed by atoms with Crippen molar-refractivity contribution in [3.63, 3.8) is 0 Å². The van der Waals surface area contributed by atoms with Crippen LogP contribution in [0.3, 0.4) is 0 Å². The van der Waals surface area contributed by atoms with Gasteiger partial charge >= 0.3 is 0 Å². The third kappa shape index (κ3) is 5.74. The average Bonchev–Trinajstić information content (AvgIpc) is 2.65. The van der Waals surface area contributed by atoms with Crippen LogP contribution in [0.1, 0.15) is 23.6 Å². The molecule has 2 aromatic rings. The van der Waals surface area contributed by atoms with E-state index in [-0.39, 0.29) is 24.9 Å². The van der Waals surface area contributed by atoms with Gasteiger partial charge in [0.15, 0.2) is 0 Å². The number of methoxy groups -OCH3 is 1. The molecule has 28 heavy (non-hydrogen) atoms. The minimum Gasteiger partial charge on any atom is -0.495 e. The summed E-state index contributed by atoms with van der Waals surface area (Å²) in [5.41, 5.74) is 4.93. The van der Waals surface area contributed by atoms with E-state index >= 15 is 0 Å². The number of nitrogens with zero attached hydrogens (tertiary/aromatic N) is 1. The molecule has 0 saturated heterocycles. The van der Waals surface area contributed by atoms with Gasteiger partial charge in [-0.2, -0.15) is 0 Å². The fourth-order valence-electron chi connectivity index (χ4n) is 3.05. The van der Waals surface area contributed by atoms with E-state index in [1.54, 1.807) is 13.2 Å². The van der Waals surface area contributed by atoms with Crippen LogP contribution in [-0.4, -0.2) is 38.6 Å². The van der Waals surface area contributed by atoms with Crippen LogP contribution in [0.2, 0.25) is 0 Å². The summed E-state index contributed by atoms with van der Waals surface area (Å²) < 4.78 is 5.25. The number of anilines is 2. The Bertz CT molecular complexity index is 849. The van der Waals surface area contributed by atoms with E-state index in [0.29, 0.717) is 18.0 Å². The Labute approximate surface area is 166 Å². The lowest BCUT2D eigenvalue weighted by molar-refractivity contribution is -0.123. The van der Waals surface area contributed by atoms with Gasteiger partial charge in [0.2, 0.25) is 11.8 Å². The first-order valence-electron chi connectivity index (χ1n) is 9.37. The number of ether oxygens (including phenoxy) is 1. The third-order valence-electron chi connectivity index (χ3n) is 4.48. The highest BCUT2D eigenvalue weighted by molar-refractivity contribution is 5.96. The number of carbonyl (C=O) groups is 2. The molecule has 0 aromatic heterocycles. The second-order valence-corrected chi connectivity index (χ2v) is 6.83. The summed E-state index contributed by atoms with van der Waals surface area (Å²) in [6.07, 6.45) is 0. The molecule has 0 atom stereocenters. The second kappa shape index (κ2) is 9.78. The summed E-state index contributed by atoms with van der Waals surface area (Å²) in [5, 5.41) is 5.47. The normalized spacial score (nSPS) is 10.3. The van der Waals surface area contributed by atoms with Crippen LogP contribution in [0.25, 0.3) is 0 Å². The molecule has 0 saturated carbocycles. The summed E-state index contributed by atoms with van der Waals surface area (Å²) in [7, 11) is 1.55. The second-order valence-electron chi connectivity index (χ2n) is 6.83. The number of rotatable bonds is 8. The molecule has 6 heteroatoms. The van der Waals surface area contributed by atoms with E-state index in [0.717, 1.165) is 16.8 Å². The highest BCUT2D eigenvalue weighted by Crippen LogP contribution is 2.25. The van der Waals surface area contributed by atoms with Crippen LogP contribution in [-0.2, 0) is 9.59 Å². The average molecular weight is 383 g/mol. The zero-order chi connectivity index (χ0) is 20.7. The molecule has 0 aliphatic rings. The highest BCUT2D eigenvalue weighted by Gasteiger charge is 2.14. The number of hydrogen-bond acceptors (Lipinski definition) is 4. The van der Waals surface area contributed by atoms with E-state index in [4.69, 9.17) is 4.74 Å². The summed E-state index contributed by atoms with van der Waals surface area (Å²) in [6.45, 7) is 8.81. The number of amides is 2. The molecule has 0 bridgehead atoms. The van der Waals surface area contributed by atoms with E-state index in [9.17, 15) is 9.59 Å². The molecule has 0 fully saturated rings. The van der Waals surface area contributed by atoms with Crippen molar-refractivity contribution in [3.8, 4) is 5.75 Å². The van der Waals surface area contributed by atoms with Gasteiger partial charge in [0.05, 0.1) is 25.9 Å². The van der Waals surface area contributed by atoms with E-state index in [1.807, 2.05) is 56.9 Å². The molecule has 0 spiro atoms. The first-order valence-corrected chi connectivity index (χ1v) is 9.37. The van der Waals surface area contributed by atoms with E-state index in [1.165, 1.54) is 5.56 Å². The van der Waals surface area contributed by atoms with Crippen molar-refractivity contribution in [2.45, 2.75) is 27.7 Å². The van der Waals surface area contributed by atoms with Crippen LogP contribution in [0.4, 0.5) is 11.4 Å². The lowest BCUT2D eigenvalue weighted by Crippen LogP contribution is -2.40. The summed E-state index contributed by atoms with van der Waals surface area (Å²) in [4.78, 5) is 26.6. The smallest absolute Gasteiger partial charge is 0.243 e. The van der Waals surface area contributed by atoms with Gasteiger partial charge in [-0.25, -0.2) is 0 Å². The topological polar surface area (TPSA) is 70.7 Å². The molecule has 6 nitrogen and oxygen atoms in total. The zero-order valence-electron chi connectivity index (χ0n) is 17.3. The van der Waals surface area contributed by atoms with Gasteiger partial charge in [-0.05, 0) is 57.0 Å². The van der Waals surface area contributed by atoms with Gasteiger partial charge in [-0.3, -0.25) is 9.59 Å². The number of nitrogens with one attached hydrogen (secondary N) is 2. The van der Waals surface area contributed by atoms with Crippen molar-refractivity contribution in [3.05, 3.63) is 53.1 Å². The SMILES string of the molecule is CCN(CC(=O)NCC(=O)Nc1cc(C)ccc1OC)c1ccc(C)cc1C. The van der Waals surface area contributed by atoms with Crippen molar-refractivity contribution in [1.29, 1.82) is 0 Å². The largest absolute Gasteiger partial charge is 0.495 e. The minimum absolute atomic E-state index is 0.0969. The van der Waals surface area contributed by atoms with Crippen molar-refractivity contribution in [2.75, 3.05) is 37.0 Å². The first kappa shape index (κ1) is 21.3. The zero-order valence-corrected chi connectivity index (χ0v) is 17.3. The predicted molar refractivity (Wildman–Crippen MR) is 113 cm³/mol. The monoisotopic (exact) mass is 383 g/mol. The number of aryl methyl sites for hydroxylation is 3. The first-order chi connectivity index (χ1) is 13.3. The van der Waals surface area contributed by atoms with Gasteiger partial charge < -0.3 is 20.3 Å². The summed E-state index contributed by atoms with van der Waals surface area (Å²) in [6, 6.07) is 11.7. The van der Waals surface area contributed by atoms with Crippen LogP contribution in [0.5, 0.6) is 5.75 Å². The molecule has 2 amide bonds. The Balaban J connectivity index is 1.92. The van der Waals surface area contributed by atoms with Crippen molar-refractivity contribution >= 4 is 23.2 Å². The Morgan fingerprint density at radius 2 is 1.68 bits per heavy atom. The highest BCUT2D eigenvalue weighted by atomic mass is 16.5. The van der Waals surface area contributed by atoms with Gasteiger partial charge in [-0.1, -0.05) is 23.8 Å². The molecule has 2 rings (SSSR count). The van der Waals surface area contributed by atoms with E-state index < -0.39 is 0 Å². The van der Waals surface area contributed by atoms with Crippen LogP contribution in [0.15, 0.2) is 36.4 Å². The molecular formula is C22H29N3O3. The van der Waals surface area contributed by atoms with Crippen molar-refractivity contribution in [2.24, 2.45) is 0 Å². The molecule has 0 aliphatic carbocycles. The van der Waals surface area contributed by atoms with Crippen molar-refractivity contribution < 1.29 is 14.3 Å². The number of hydrogen-bond donors (Lipinski definition) is 2. The van der Waals surface area contributed by atoms with Gasteiger partial charge in [0.25, 0.3) is 0 Å². The number of likely N-dealkylation sites (N-methyl/N-ethyl adjacent to an activating group) is 1. The maximum atomic E-state index is 12.3. The van der Waals surface area contributed by atoms with Crippen LogP contribution >= 0.6 is 0 Å². The van der Waals surface area contributed by atoms with Crippen LogP contribution in [0, 0.1) is 20.8 Å². The molecular weight excluding hydrogens is 354 g/mol.